The topological polar surface area (TPSA) is 77.2 Å². The molecule has 0 aliphatic rings. The van der Waals surface area contributed by atoms with Crippen LogP contribution < -0.4 is 10.1 Å². The Hall–Kier alpha value is -3.15. The molecule has 0 aliphatic carbocycles. The molecule has 0 bridgehead atoms. The predicted molar refractivity (Wildman–Crippen MR) is 102 cm³/mol. The van der Waals surface area contributed by atoms with Crippen molar-refractivity contribution in [3.8, 4) is 17.1 Å². The van der Waals surface area contributed by atoms with Crippen LogP contribution in [0.5, 0.6) is 5.75 Å². The minimum Gasteiger partial charge on any atom is -0.483 e. The highest BCUT2D eigenvalue weighted by atomic mass is 16.5. The van der Waals surface area contributed by atoms with E-state index in [-0.39, 0.29) is 19.1 Å². The molecular formula is C21H23N3O3. The SMILES string of the molecule is Cc1cccc(-c2noc(CNC(=O)COc3cc(C)cc(C)c3C)n2)c1. The first-order valence-corrected chi connectivity index (χ1v) is 8.79. The van der Waals surface area contributed by atoms with E-state index in [1.54, 1.807) is 0 Å². The summed E-state index contributed by atoms with van der Waals surface area (Å²) in [5.74, 6) is 1.33. The number of aryl methyl sites for hydroxylation is 3. The summed E-state index contributed by atoms with van der Waals surface area (Å²) in [7, 11) is 0. The van der Waals surface area contributed by atoms with E-state index in [0.29, 0.717) is 11.7 Å². The van der Waals surface area contributed by atoms with E-state index < -0.39 is 0 Å². The lowest BCUT2D eigenvalue weighted by Crippen LogP contribution is -2.28. The van der Waals surface area contributed by atoms with Crippen LogP contribution in [0.3, 0.4) is 0 Å². The Balaban J connectivity index is 1.54. The first-order chi connectivity index (χ1) is 12.9. The van der Waals surface area contributed by atoms with Gasteiger partial charge >= 0.3 is 0 Å². The first-order valence-electron chi connectivity index (χ1n) is 8.79. The van der Waals surface area contributed by atoms with Gasteiger partial charge in [0.2, 0.25) is 11.7 Å². The maximum atomic E-state index is 12.1. The summed E-state index contributed by atoms with van der Waals surface area (Å²) in [5.41, 5.74) is 5.27. The maximum Gasteiger partial charge on any atom is 0.258 e. The average Bonchev–Trinajstić information content (AvgIpc) is 3.11. The molecule has 27 heavy (non-hydrogen) atoms. The number of amides is 1. The molecule has 0 fully saturated rings. The Kier molecular flexibility index (Phi) is 5.54. The number of nitrogens with one attached hydrogen (secondary N) is 1. The largest absolute Gasteiger partial charge is 0.483 e. The second-order valence-corrected chi connectivity index (χ2v) is 6.65. The summed E-state index contributed by atoms with van der Waals surface area (Å²) in [6, 6.07) is 11.9. The predicted octanol–water partition coefficient (Wildman–Crippen LogP) is 3.67. The number of hydrogen-bond acceptors (Lipinski definition) is 5. The van der Waals surface area contributed by atoms with Crippen LogP contribution >= 0.6 is 0 Å². The molecule has 0 saturated heterocycles. The zero-order valence-electron chi connectivity index (χ0n) is 16.0. The van der Waals surface area contributed by atoms with Crippen molar-refractivity contribution in [2.45, 2.75) is 34.2 Å². The molecular weight excluding hydrogens is 342 g/mol. The number of aromatic nitrogens is 2. The van der Waals surface area contributed by atoms with E-state index in [1.807, 2.05) is 58.0 Å². The van der Waals surface area contributed by atoms with E-state index in [9.17, 15) is 4.79 Å². The van der Waals surface area contributed by atoms with Crippen molar-refractivity contribution in [3.63, 3.8) is 0 Å². The number of ether oxygens (including phenoxy) is 1. The van der Waals surface area contributed by atoms with Crippen LogP contribution in [0.25, 0.3) is 11.4 Å². The van der Waals surface area contributed by atoms with Crippen molar-refractivity contribution in [2.75, 3.05) is 6.61 Å². The number of hydrogen-bond donors (Lipinski definition) is 1. The van der Waals surface area contributed by atoms with Gasteiger partial charge in [-0.05, 0) is 56.5 Å². The standard InChI is InChI=1S/C21H23N3O3/c1-13-6-5-7-17(9-13)21-23-20(27-24-21)11-22-19(25)12-26-18-10-14(2)8-15(3)16(18)4/h5-10H,11-12H2,1-4H3,(H,22,25). The molecule has 6 heteroatoms. The van der Waals surface area contributed by atoms with Gasteiger partial charge in [0.05, 0.1) is 6.54 Å². The van der Waals surface area contributed by atoms with Gasteiger partial charge in [-0.15, -0.1) is 0 Å². The van der Waals surface area contributed by atoms with Gasteiger partial charge in [0.1, 0.15) is 5.75 Å². The minimum absolute atomic E-state index is 0.0669. The first kappa shape index (κ1) is 18.6. The van der Waals surface area contributed by atoms with Crippen LogP contribution in [0.15, 0.2) is 40.9 Å². The molecule has 1 amide bonds. The number of carbonyl (C=O) groups is 1. The Labute approximate surface area is 158 Å². The molecule has 0 spiro atoms. The molecule has 1 aromatic heterocycles. The van der Waals surface area contributed by atoms with Crippen molar-refractivity contribution >= 4 is 5.91 Å². The Morgan fingerprint density at radius 2 is 1.93 bits per heavy atom. The fourth-order valence-corrected chi connectivity index (χ4v) is 2.75. The van der Waals surface area contributed by atoms with Crippen molar-refractivity contribution in [2.24, 2.45) is 0 Å². The molecule has 140 valence electrons. The summed E-state index contributed by atoms with van der Waals surface area (Å²) in [5, 5.41) is 6.70. The van der Waals surface area contributed by atoms with Crippen LogP contribution in [0.4, 0.5) is 0 Å². The molecule has 0 atom stereocenters. The third kappa shape index (κ3) is 4.73. The van der Waals surface area contributed by atoms with Crippen LogP contribution in [0.2, 0.25) is 0 Å². The molecule has 3 rings (SSSR count). The molecule has 2 aromatic carbocycles. The fraction of sp³-hybridized carbons (Fsp3) is 0.286. The van der Waals surface area contributed by atoms with Gasteiger partial charge in [-0.25, -0.2) is 0 Å². The Morgan fingerprint density at radius 3 is 2.70 bits per heavy atom. The van der Waals surface area contributed by atoms with Gasteiger partial charge in [-0.3, -0.25) is 4.79 Å². The molecule has 1 N–H and O–H groups in total. The average molecular weight is 365 g/mol. The second-order valence-electron chi connectivity index (χ2n) is 6.65. The van der Waals surface area contributed by atoms with Crippen molar-refractivity contribution in [1.29, 1.82) is 0 Å². The fourth-order valence-electron chi connectivity index (χ4n) is 2.75. The monoisotopic (exact) mass is 365 g/mol. The highest BCUT2D eigenvalue weighted by Crippen LogP contribution is 2.23. The molecule has 0 radical (unpaired) electrons. The lowest BCUT2D eigenvalue weighted by atomic mass is 10.1. The van der Waals surface area contributed by atoms with Gasteiger partial charge in [-0.2, -0.15) is 4.98 Å². The maximum absolute atomic E-state index is 12.1. The van der Waals surface area contributed by atoms with Crippen molar-refractivity contribution < 1.29 is 14.1 Å². The van der Waals surface area contributed by atoms with E-state index in [1.165, 1.54) is 0 Å². The summed E-state index contributed by atoms with van der Waals surface area (Å²) in [6.07, 6.45) is 0. The van der Waals surface area contributed by atoms with E-state index in [4.69, 9.17) is 9.26 Å². The third-order valence-corrected chi connectivity index (χ3v) is 4.30. The number of benzene rings is 2. The van der Waals surface area contributed by atoms with E-state index in [2.05, 4.69) is 21.5 Å². The quantitative estimate of drug-likeness (QED) is 0.721. The summed E-state index contributed by atoms with van der Waals surface area (Å²) in [4.78, 5) is 16.4. The minimum atomic E-state index is -0.246. The van der Waals surface area contributed by atoms with Gasteiger partial charge in [0.15, 0.2) is 6.61 Å². The van der Waals surface area contributed by atoms with Gasteiger partial charge in [0, 0.05) is 5.56 Å². The zero-order valence-corrected chi connectivity index (χ0v) is 16.0. The highest BCUT2D eigenvalue weighted by Gasteiger charge is 2.11. The highest BCUT2D eigenvalue weighted by molar-refractivity contribution is 5.77. The summed E-state index contributed by atoms with van der Waals surface area (Å²) >= 11 is 0. The zero-order chi connectivity index (χ0) is 19.4. The lowest BCUT2D eigenvalue weighted by Gasteiger charge is -2.12. The van der Waals surface area contributed by atoms with Gasteiger partial charge in [-0.1, -0.05) is 35.0 Å². The second kappa shape index (κ2) is 8.03. The van der Waals surface area contributed by atoms with E-state index >= 15 is 0 Å². The molecule has 3 aromatic rings. The van der Waals surface area contributed by atoms with Crippen molar-refractivity contribution in [3.05, 3.63) is 64.5 Å². The normalized spacial score (nSPS) is 10.7. The van der Waals surface area contributed by atoms with Crippen LogP contribution in [-0.4, -0.2) is 22.7 Å². The lowest BCUT2D eigenvalue weighted by molar-refractivity contribution is -0.123. The molecule has 0 aliphatic heterocycles. The smallest absolute Gasteiger partial charge is 0.258 e. The number of carbonyl (C=O) groups excluding carboxylic acids is 1. The summed E-state index contributed by atoms with van der Waals surface area (Å²) in [6.45, 7) is 8.10. The molecule has 0 unspecified atom stereocenters. The number of rotatable bonds is 6. The van der Waals surface area contributed by atoms with Crippen LogP contribution in [-0.2, 0) is 11.3 Å². The molecule has 1 heterocycles. The van der Waals surface area contributed by atoms with Gasteiger partial charge < -0.3 is 14.6 Å². The molecule has 6 nitrogen and oxygen atoms in total. The Bertz CT molecular complexity index is 963. The van der Waals surface area contributed by atoms with Crippen LogP contribution in [0.1, 0.15) is 28.1 Å². The summed E-state index contributed by atoms with van der Waals surface area (Å²) < 4.78 is 10.9. The Morgan fingerprint density at radius 1 is 1.11 bits per heavy atom. The number of nitrogens with zero attached hydrogens (tertiary/aromatic N) is 2. The van der Waals surface area contributed by atoms with Crippen molar-refractivity contribution in [1.82, 2.24) is 15.5 Å². The van der Waals surface area contributed by atoms with Crippen LogP contribution in [0, 0.1) is 27.7 Å². The third-order valence-electron chi connectivity index (χ3n) is 4.30. The molecule has 0 saturated carbocycles. The van der Waals surface area contributed by atoms with Gasteiger partial charge in [0.25, 0.3) is 5.91 Å². The van der Waals surface area contributed by atoms with E-state index in [0.717, 1.165) is 33.6 Å².